The molecule has 0 unspecified atom stereocenters. The zero-order chi connectivity index (χ0) is 37.6. The Kier molecular flexibility index (Phi) is 10.6. The number of hydrogen-bond acceptors (Lipinski definition) is 9. The van der Waals surface area contributed by atoms with Crippen LogP contribution in [-0.2, 0) is 51.8 Å². The van der Waals surface area contributed by atoms with Gasteiger partial charge in [0, 0.05) is 37.9 Å². The van der Waals surface area contributed by atoms with Gasteiger partial charge in [0.05, 0.1) is 36.2 Å². The summed E-state index contributed by atoms with van der Waals surface area (Å²) in [4.78, 5) is 72.0. The first-order valence-electron chi connectivity index (χ1n) is 18.5. The standard InChI is InChI=1S/C38H50FN3O9S/c1-37(2,3)51-33(44)17-24-11-8-6-5-7-9-13-26-19-38(26,35(46)40(4)52(48,49)28-15-16-28)20-32(43)31-18-27(22-42(31)34(24)45)50-36(47)41-21-25-12-10-14-30(39)29(25)23-41/h9-10,12-14,24,26-28,31H,5-8,11,15-23H2,1-4H3/b13-9-/t24-,26-,27-,31+,38-/m1/s1. The number of rotatable bonds is 6. The van der Waals surface area contributed by atoms with Crippen LogP contribution in [0.15, 0.2) is 30.4 Å². The van der Waals surface area contributed by atoms with Crippen LogP contribution in [0.4, 0.5) is 9.18 Å². The summed E-state index contributed by atoms with van der Waals surface area (Å²) in [5, 5.41) is -0.608. The van der Waals surface area contributed by atoms with Crippen molar-refractivity contribution >= 4 is 39.7 Å². The van der Waals surface area contributed by atoms with Gasteiger partial charge in [0.15, 0.2) is 5.78 Å². The number of esters is 1. The molecule has 1 saturated heterocycles. The van der Waals surface area contributed by atoms with E-state index in [-0.39, 0.29) is 44.8 Å². The molecule has 5 atom stereocenters. The van der Waals surface area contributed by atoms with E-state index < -0.39 is 79.8 Å². The molecule has 3 heterocycles. The molecule has 0 aromatic heterocycles. The summed E-state index contributed by atoms with van der Waals surface area (Å²) >= 11 is 0. The topological polar surface area (TPSA) is 148 Å². The van der Waals surface area contributed by atoms with E-state index in [0.29, 0.717) is 49.7 Å². The summed E-state index contributed by atoms with van der Waals surface area (Å²) in [6, 6.07) is 3.57. The molecular formula is C38H50FN3O9S. The van der Waals surface area contributed by atoms with Crippen molar-refractivity contribution in [3.8, 4) is 0 Å². The first-order valence-corrected chi connectivity index (χ1v) is 20.0. The Morgan fingerprint density at radius 3 is 2.50 bits per heavy atom. The number of carbonyl (C=O) groups excluding carboxylic acids is 5. The fourth-order valence-electron chi connectivity index (χ4n) is 7.94. The predicted molar refractivity (Wildman–Crippen MR) is 187 cm³/mol. The molecule has 0 radical (unpaired) electrons. The Labute approximate surface area is 305 Å². The molecule has 0 bridgehead atoms. The van der Waals surface area contributed by atoms with Crippen LogP contribution in [0.25, 0.3) is 0 Å². The average Bonchev–Trinajstić information content (AvgIpc) is 3.95. The van der Waals surface area contributed by atoms with Crippen LogP contribution in [0, 0.1) is 23.1 Å². The normalized spacial score (nSPS) is 28.9. The Bertz CT molecular complexity index is 1750. The molecule has 1 aromatic rings. The Hall–Kier alpha value is -3.81. The van der Waals surface area contributed by atoms with Crippen LogP contribution in [0.5, 0.6) is 0 Å². The highest BCUT2D eigenvalue weighted by atomic mass is 32.2. The third-order valence-corrected chi connectivity index (χ3v) is 13.2. The average molecular weight is 744 g/mol. The van der Waals surface area contributed by atoms with Gasteiger partial charge in [-0.05, 0) is 76.8 Å². The fraction of sp³-hybridized carbons (Fsp3) is 0.658. The van der Waals surface area contributed by atoms with Crippen molar-refractivity contribution in [3.63, 3.8) is 0 Å². The van der Waals surface area contributed by atoms with Crippen molar-refractivity contribution in [2.75, 3.05) is 13.6 Å². The second kappa shape index (κ2) is 14.5. The minimum absolute atomic E-state index is 0.0212. The highest BCUT2D eigenvalue weighted by molar-refractivity contribution is 7.90. The Morgan fingerprint density at radius 2 is 1.81 bits per heavy atom. The number of ether oxygens (including phenoxy) is 2. The highest BCUT2D eigenvalue weighted by Gasteiger charge is 2.63. The molecule has 5 aliphatic rings. The summed E-state index contributed by atoms with van der Waals surface area (Å²) in [5.41, 5.74) is -0.971. The number of carbonyl (C=O) groups is 5. The van der Waals surface area contributed by atoms with Gasteiger partial charge in [0.2, 0.25) is 21.8 Å². The highest BCUT2D eigenvalue weighted by Crippen LogP contribution is 2.58. The van der Waals surface area contributed by atoms with E-state index in [0.717, 1.165) is 17.1 Å². The number of nitrogens with zero attached hydrogens (tertiary/aromatic N) is 3. The van der Waals surface area contributed by atoms with Crippen molar-refractivity contribution in [2.24, 2.45) is 17.3 Å². The molecule has 2 saturated carbocycles. The lowest BCUT2D eigenvalue weighted by molar-refractivity contribution is -0.159. The molecule has 3 amide bonds. The van der Waals surface area contributed by atoms with Crippen molar-refractivity contribution in [1.82, 2.24) is 14.1 Å². The Morgan fingerprint density at radius 1 is 1.06 bits per heavy atom. The maximum Gasteiger partial charge on any atom is 0.410 e. The van der Waals surface area contributed by atoms with E-state index in [1.54, 1.807) is 32.9 Å². The van der Waals surface area contributed by atoms with Gasteiger partial charge in [-0.15, -0.1) is 0 Å². The minimum atomic E-state index is -3.87. The quantitative estimate of drug-likeness (QED) is 0.289. The van der Waals surface area contributed by atoms with Crippen molar-refractivity contribution in [1.29, 1.82) is 0 Å². The molecule has 3 fully saturated rings. The lowest BCUT2D eigenvalue weighted by Gasteiger charge is -2.30. The molecule has 52 heavy (non-hydrogen) atoms. The molecule has 3 aliphatic heterocycles. The molecule has 1 aromatic carbocycles. The number of fused-ring (bicyclic) bond motifs is 3. The van der Waals surface area contributed by atoms with Gasteiger partial charge in [-0.3, -0.25) is 24.1 Å². The van der Waals surface area contributed by atoms with Crippen molar-refractivity contribution in [3.05, 3.63) is 47.3 Å². The number of benzene rings is 1. The van der Waals surface area contributed by atoms with Gasteiger partial charge >= 0.3 is 12.1 Å². The second-order valence-electron chi connectivity index (χ2n) is 16.2. The number of halogens is 1. The lowest BCUT2D eigenvalue weighted by Crippen LogP contribution is -2.47. The van der Waals surface area contributed by atoms with Gasteiger partial charge in [0.25, 0.3) is 0 Å². The van der Waals surface area contributed by atoms with Crippen LogP contribution in [0.3, 0.4) is 0 Å². The Balaban J connectivity index is 1.27. The summed E-state index contributed by atoms with van der Waals surface area (Å²) in [6.07, 6.45) is 6.37. The number of Topliss-reactive ketones (excluding diaryl/α,β-unsaturated/α-hetero) is 1. The van der Waals surface area contributed by atoms with E-state index in [4.69, 9.17) is 9.47 Å². The third-order valence-electron chi connectivity index (χ3n) is 11.0. The maximum absolute atomic E-state index is 14.4. The summed E-state index contributed by atoms with van der Waals surface area (Å²) in [7, 11) is -2.61. The minimum Gasteiger partial charge on any atom is -0.460 e. The van der Waals surface area contributed by atoms with Crippen molar-refractivity contribution < 1.29 is 46.3 Å². The van der Waals surface area contributed by atoms with Crippen LogP contribution in [0.1, 0.15) is 103 Å². The molecule has 2 aliphatic carbocycles. The lowest BCUT2D eigenvalue weighted by atomic mass is 9.90. The molecule has 0 spiro atoms. The van der Waals surface area contributed by atoms with E-state index in [9.17, 15) is 36.8 Å². The number of sulfonamides is 1. The van der Waals surface area contributed by atoms with E-state index in [1.165, 1.54) is 22.9 Å². The smallest absolute Gasteiger partial charge is 0.410 e. The molecular weight excluding hydrogens is 693 g/mol. The van der Waals surface area contributed by atoms with Gasteiger partial charge in [-0.1, -0.05) is 37.1 Å². The summed E-state index contributed by atoms with van der Waals surface area (Å²) in [5.74, 6) is -3.60. The summed E-state index contributed by atoms with van der Waals surface area (Å²) < 4.78 is 53.0. The molecule has 12 nitrogen and oxygen atoms in total. The predicted octanol–water partition coefficient (Wildman–Crippen LogP) is 5.03. The van der Waals surface area contributed by atoms with Gasteiger partial charge in [0.1, 0.15) is 17.5 Å². The number of hydrogen-bond donors (Lipinski definition) is 0. The van der Waals surface area contributed by atoms with Gasteiger partial charge < -0.3 is 14.4 Å². The summed E-state index contributed by atoms with van der Waals surface area (Å²) in [6.45, 7) is 5.29. The van der Waals surface area contributed by atoms with E-state index >= 15 is 0 Å². The largest absolute Gasteiger partial charge is 0.460 e. The zero-order valence-corrected chi connectivity index (χ0v) is 31.3. The molecule has 6 rings (SSSR count). The number of ketones is 1. The van der Waals surface area contributed by atoms with Crippen LogP contribution < -0.4 is 0 Å². The first kappa shape index (κ1) is 37.9. The third kappa shape index (κ3) is 8.06. The van der Waals surface area contributed by atoms with Gasteiger partial charge in [-0.2, -0.15) is 0 Å². The molecule has 14 heteroatoms. The van der Waals surface area contributed by atoms with Crippen molar-refractivity contribution in [2.45, 2.75) is 127 Å². The molecule has 284 valence electrons. The zero-order valence-electron chi connectivity index (χ0n) is 30.5. The first-order chi connectivity index (χ1) is 24.5. The number of amides is 3. The fourth-order valence-corrected chi connectivity index (χ4v) is 9.53. The van der Waals surface area contributed by atoms with E-state index in [2.05, 4.69) is 0 Å². The SMILES string of the molecule is CN(C(=O)[C@]12CC(=O)[C@@H]3C[C@@H](OC(=O)N4Cc5cccc(F)c5C4)CN3C(=O)[C@@H](CC(=O)OC(C)(C)C)CCCCC/C=C\[C@@H]1C2)S(=O)(=O)C1CC1. The maximum atomic E-state index is 14.4. The molecule has 0 N–H and O–H groups in total. The van der Waals surface area contributed by atoms with E-state index in [1.807, 2.05) is 12.2 Å². The van der Waals surface area contributed by atoms with Crippen LogP contribution in [-0.4, -0.2) is 88.8 Å². The number of allylic oxidation sites excluding steroid dienone is 2. The van der Waals surface area contributed by atoms with Crippen LogP contribution >= 0.6 is 0 Å². The van der Waals surface area contributed by atoms with Gasteiger partial charge in [-0.25, -0.2) is 21.9 Å². The second-order valence-corrected chi connectivity index (χ2v) is 18.4. The van der Waals surface area contributed by atoms with Crippen LogP contribution in [0.2, 0.25) is 0 Å². The monoisotopic (exact) mass is 743 g/mol.